The summed E-state index contributed by atoms with van der Waals surface area (Å²) >= 11 is 0. The van der Waals surface area contributed by atoms with Gasteiger partial charge in [0.2, 0.25) is 8.32 Å². The first-order chi connectivity index (χ1) is 19.1. The zero-order valence-corrected chi connectivity index (χ0v) is 28.8. The third kappa shape index (κ3) is 7.98. The molecule has 230 valence electrons. The van der Waals surface area contributed by atoms with Crippen LogP contribution >= 0.6 is 0 Å². The highest BCUT2D eigenvalue weighted by molar-refractivity contribution is 6.76. The third-order valence-electron chi connectivity index (χ3n) is 7.31. The Morgan fingerprint density at radius 3 is 2.19 bits per heavy atom. The first-order valence-corrected chi connectivity index (χ1v) is 20.8. The van der Waals surface area contributed by atoms with Crippen molar-refractivity contribution < 1.29 is 23.6 Å². The van der Waals surface area contributed by atoms with Crippen LogP contribution in [-0.4, -0.2) is 48.7 Å². The lowest BCUT2D eigenvalue weighted by Gasteiger charge is -2.36. The number of rotatable bonds is 9. The summed E-state index contributed by atoms with van der Waals surface area (Å²) < 4.78 is 20.4. The Morgan fingerprint density at radius 1 is 1.00 bits per heavy atom. The first-order valence-electron chi connectivity index (χ1n) is 14.1. The molecule has 10 nitrogen and oxygen atoms in total. The summed E-state index contributed by atoms with van der Waals surface area (Å²) in [5.74, 6) is 0.647. The molecule has 0 aliphatic carbocycles. The van der Waals surface area contributed by atoms with Crippen molar-refractivity contribution in [1.29, 1.82) is 0 Å². The van der Waals surface area contributed by atoms with E-state index in [2.05, 4.69) is 53.5 Å². The second-order valence-electron chi connectivity index (χ2n) is 14.4. The number of hydrogen-bond donors (Lipinski definition) is 0. The summed E-state index contributed by atoms with van der Waals surface area (Å²) in [5, 5.41) is 12.5. The monoisotopic (exact) mass is 615 g/mol. The average molecular weight is 616 g/mol. The number of pyridine rings is 1. The molecule has 0 atom stereocenters. The number of aromatic nitrogens is 2. The summed E-state index contributed by atoms with van der Waals surface area (Å²) in [5.41, 5.74) is -0.949. The maximum Gasteiger partial charge on any atom is 0.419 e. The fourth-order valence-electron chi connectivity index (χ4n) is 3.95. The van der Waals surface area contributed by atoms with Crippen LogP contribution in [0.25, 0.3) is 22.2 Å². The van der Waals surface area contributed by atoms with E-state index < -0.39 is 38.6 Å². The molecule has 0 N–H and O–H groups in total. The zero-order chi connectivity index (χ0) is 31.8. The predicted molar refractivity (Wildman–Crippen MR) is 172 cm³/mol. The van der Waals surface area contributed by atoms with E-state index in [0.717, 1.165) is 6.04 Å². The number of nitro groups is 1. The number of carbonyl (C=O) groups excluding carboxylic acids is 1. The van der Waals surface area contributed by atoms with Crippen molar-refractivity contribution in [1.82, 2.24) is 9.13 Å². The van der Waals surface area contributed by atoms with E-state index in [4.69, 9.17) is 13.9 Å². The smallest absolute Gasteiger partial charge is 0.419 e. The van der Waals surface area contributed by atoms with Gasteiger partial charge in [-0.3, -0.25) is 19.5 Å². The predicted octanol–water partition coefficient (Wildman–Crippen LogP) is 7.86. The van der Waals surface area contributed by atoms with Crippen molar-refractivity contribution in [2.75, 3.05) is 6.61 Å². The van der Waals surface area contributed by atoms with E-state index in [0.29, 0.717) is 23.3 Å². The molecule has 1 aromatic carbocycles. The molecule has 3 aromatic rings. The van der Waals surface area contributed by atoms with Crippen LogP contribution in [0.1, 0.15) is 41.5 Å². The van der Waals surface area contributed by atoms with Crippen LogP contribution in [0.5, 0.6) is 5.75 Å². The lowest BCUT2D eigenvalue weighted by Crippen LogP contribution is -2.43. The fraction of sp³-hybridized carbons (Fsp3) is 0.533. The van der Waals surface area contributed by atoms with Crippen LogP contribution < -0.4 is 9.99 Å². The second-order valence-corrected chi connectivity index (χ2v) is 24.8. The molecular weight excluding hydrogens is 571 g/mol. The van der Waals surface area contributed by atoms with Gasteiger partial charge in [0.15, 0.2) is 0 Å². The molecule has 0 saturated heterocycles. The van der Waals surface area contributed by atoms with Gasteiger partial charge in [-0.1, -0.05) is 40.4 Å². The molecule has 2 heterocycles. The standard InChI is InChI=1S/C30H45N3O7Si2/c1-29(2,3)39-28(35)32-25-13-12-23(40-42(10,11)30(4,5)6)16-21(25)17-26(32)24-18-22(33(36)37)19-31(27(24)34)20-38-14-15-41(7,8)9/h12-13,16-19H,14-15,20H2,1-11H3. The topological polar surface area (TPSA) is 115 Å². The summed E-state index contributed by atoms with van der Waals surface area (Å²) in [6, 6.07) is 9.13. The molecule has 0 aliphatic rings. The van der Waals surface area contributed by atoms with E-state index in [1.165, 1.54) is 21.4 Å². The van der Waals surface area contributed by atoms with Crippen LogP contribution in [0.4, 0.5) is 10.5 Å². The number of fused-ring (bicyclic) bond motifs is 1. The summed E-state index contributed by atoms with van der Waals surface area (Å²) in [6.45, 7) is 22.9. The van der Waals surface area contributed by atoms with Gasteiger partial charge in [-0.25, -0.2) is 9.36 Å². The van der Waals surface area contributed by atoms with Crippen molar-refractivity contribution in [3.05, 3.63) is 57.0 Å². The molecule has 0 saturated carbocycles. The van der Waals surface area contributed by atoms with Gasteiger partial charge in [-0.15, -0.1) is 0 Å². The van der Waals surface area contributed by atoms with E-state index in [1.54, 1.807) is 39.0 Å². The van der Waals surface area contributed by atoms with Crippen molar-refractivity contribution in [3.8, 4) is 17.0 Å². The van der Waals surface area contributed by atoms with Crippen LogP contribution in [-0.2, 0) is 16.2 Å². The number of carbonyl (C=O) groups is 1. The minimum atomic E-state index is -2.16. The maximum absolute atomic E-state index is 13.7. The molecule has 0 fully saturated rings. The van der Waals surface area contributed by atoms with Crippen LogP contribution in [0.3, 0.4) is 0 Å². The number of ether oxygens (including phenoxy) is 2. The molecule has 0 bridgehead atoms. The van der Waals surface area contributed by atoms with Gasteiger partial charge in [0.05, 0.1) is 27.9 Å². The third-order valence-corrected chi connectivity index (χ3v) is 13.4. The molecule has 0 spiro atoms. The number of hydrogen-bond acceptors (Lipinski definition) is 7. The van der Waals surface area contributed by atoms with Crippen LogP contribution in [0, 0.1) is 10.1 Å². The summed E-state index contributed by atoms with van der Waals surface area (Å²) in [7, 11) is -3.53. The highest BCUT2D eigenvalue weighted by Gasteiger charge is 2.39. The van der Waals surface area contributed by atoms with E-state index >= 15 is 0 Å². The van der Waals surface area contributed by atoms with Gasteiger partial charge in [-0.2, -0.15) is 0 Å². The Kier molecular flexibility index (Phi) is 9.36. The van der Waals surface area contributed by atoms with Crippen molar-refractivity contribution in [2.45, 2.75) is 97.7 Å². The van der Waals surface area contributed by atoms with Gasteiger partial charge in [0, 0.05) is 26.1 Å². The Balaban J connectivity index is 2.20. The van der Waals surface area contributed by atoms with Gasteiger partial charge in [-0.05, 0) is 69.2 Å². The molecule has 2 aromatic heterocycles. The van der Waals surface area contributed by atoms with Gasteiger partial charge >= 0.3 is 6.09 Å². The number of nitrogens with zero attached hydrogens (tertiary/aromatic N) is 3. The fourth-order valence-corrected chi connectivity index (χ4v) is 5.73. The highest BCUT2D eigenvalue weighted by Crippen LogP contribution is 2.39. The molecule has 0 radical (unpaired) electrons. The lowest BCUT2D eigenvalue weighted by atomic mass is 10.1. The number of benzene rings is 1. The van der Waals surface area contributed by atoms with Crippen molar-refractivity contribution >= 4 is 39.1 Å². The maximum atomic E-state index is 13.7. The minimum absolute atomic E-state index is 0.00748. The molecule has 0 aliphatic heterocycles. The van der Waals surface area contributed by atoms with Crippen molar-refractivity contribution in [3.63, 3.8) is 0 Å². The first kappa shape index (κ1) is 33.3. The van der Waals surface area contributed by atoms with Crippen molar-refractivity contribution in [2.24, 2.45) is 0 Å². The molecule has 12 heteroatoms. The van der Waals surface area contributed by atoms with Gasteiger partial charge in [0.1, 0.15) is 18.1 Å². The summed E-state index contributed by atoms with van der Waals surface area (Å²) in [4.78, 5) is 38.6. The lowest BCUT2D eigenvalue weighted by molar-refractivity contribution is -0.385. The quantitative estimate of drug-likeness (QED) is 0.104. The molecule has 3 rings (SSSR count). The normalized spacial score (nSPS) is 12.9. The Bertz CT molecular complexity index is 1540. The Morgan fingerprint density at radius 2 is 1.64 bits per heavy atom. The SMILES string of the molecule is CC(C)(C)OC(=O)n1c(-c2cc([N+](=O)[O-])cn(COCC[Si](C)(C)C)c2=O)cc2cc(O[Si](C)(C)C(C)(C)C)ccc21. The molecule has 0 amide bonds. The van der Waals surface area contributed by atoms with E-state index in [1.807, 2.05) is 6.07 Å². The minimum Gasteiger partial charge on any atom is -0.543 e. The van der Waals surface area contributed by atoms with E-state index in [-0.39, 0.29) is 28.7 Å². The second kappa shape index (κ2) is 11.8. The highest BCUT2D eigenvalue weighted by atomic mass is 28.4. The van der Waals surface area contributed by atoms with Gasteiger partial charge < -0.3 is 13.9 Å². The molecule has 42 heavy (non-hydrogen) atoms. The largest absolute Gasteiger partial charge is 0.543 e. The Labute approximate surface area is 249 Å². The molecule has 0 unspecified atom stereocenters. The van der Waals surface area contributed by atoms with Crippen LogP contribution in [0.15, 0.2) is 41.3 Å². The zero-order valence-electron chi connectivity index (χ0n) is 26.8. The van der Waals surface area contributed by atoms with E-state index in [9.17, 15) is 19.7 Å². The molecular formula is C30H45N3O7Si2. The summed E-state index contributed by atoms with van der Waals surface area (Å²) in [6.07, 6.45) is 0.473. The van der Waals surface area contributed by atoms with Crippen LogP contribution in [0.2, 0.25) is 43.8 Å². The van der Waals surface area contributed by atoms with Gasteiger partial charge in [0.25, 0.3) is 11.2 Å². The average Bonchev–Trinajstić information content (AvgIpc) is 3.18. The Hall–Kier alpha value is -3.23.